The van der Waals surface area contributed by atoms with Crippen LogP contribution in [0.25, 0.3) is 10.9 Å². The van der Waals surface area contributed by atoms with Crippen molar-refractivity contribution in [3.63, 3.8) is 0 Å². The Morgan fingerprint density at radius 1 is 1.33 bits per heavy atom. The molecule has 126 valence electrons. The molecule has 1 aliphatic heterocycles. The van der Waals surface area contributed by atoms with Gasteiger partial charge in [0.1, 0.15) is 5.69 Å². The fraction of sp³-hybridized carbons (Fsp3) is 0.474. The number of nitrogens with one attached hydrogen (secondary N) is 1. The van der Waals surface area contributed by atoms with E-state index in [-0.39, 0.29) is 11.8 Å². The molecule has 0 bridgehead atoms. The van der Waals surface area contributed by atoms with Crippen molar-refractivity contribution in [1.82, 2.24) is 9.88 Å². The number of nitrogens with zero attached hydrogens (tertiary/aromatic N) is 1. The molecule has 1 aliphatic carbocycles. The summed E-state index contributed by atoms with van der Waals surface area (Å²) in [4.78, 5) is 29.6. The number of hydrogen-bond acceptors (Lipinski definition) is 2. The van der Waals surface area contributed by atoms with Crippen molar-refractivity contribution in [1.29, 1.82) is 0 Å². The van der Waals surface area contributed by atoms with E-state index < -0.39 is 11.4 Å². The Morgan fingerprint density at radius 3 is 2.83 bits per heavy atom. The molecule has 5 nitrogen and oxygen atoms in total. The molecule has 1 aromatic carbocycles. The summed E-state index contributed by atoms with van der Waals surface area (Å²) in [6, 6.07) is 5.94. The van der Waals surface area contributed by atoms with Gasteiger partial charge in [0.15, 0.2) is 0 Å². The summed E-state index contributed by atoms with van der Waals surface area (Å²) < 4.78 is 0. The Kier molecular flexibility index (Phi) is 3.24. The van der Waals surface area contributed by atoms with Gasteiger partial charge in [0.2, 0.25) is 0 Å². The third-order valence-corrected chi connectivity index (χ3v) is 6.16. The number of fused-ring (bicyclic) bond motifs is 2. The highest BCUT2D eigenvalue weighted by Gasteiger charge is 2.55. The average Bonchev–Trinajstić information content (AvgIpc) is 3.21. The molecule has 2 fully saturated rings. The van der Waals surface area contributed by atoms with Crippen LogP contribution >= 0.6 is 0 Å². The summed E-state index contributed by atoms with van der Waals surface area (Å²) in [7, 11) is 0. The van der Waals surface area contributed by atoms with E-state index in [1.165, 1.54) is 11.1 Å². The summed E-state index contributed by atoms with van der Waals surface area (Å²) in [5, 5.41) is 10.7. The number of benzene rings is 1. The van der Waals surface area contributed by atoms with E-state index in [4.69, 9.17) is 0 Å². The van der Waals surface area contributed by atoms with Gasteiger partial charge in [-0.05, 0) is 55.9 Å². The Bertz CT molecular complexity index is 854. The van der Waals surface area contributed by atoms with Gasteiger partial charge in [-0.3, -0.25) is 9.59 Å². The van der Waals surface area contributed by atoms with E-state index >= 15 is 0 Å². The van der Waals surface area contributed by atoms with Gasteiger partial charge in [0, 0.05) is 24.0 Å². The first-order valence-corrected chi connectivity index (χ1v) is 8.54. The lowest BCUT2D eigenvalue weighted by atomic mass is 9.81. The molecular formula is C19H22N2O3. The zero-order valence-corrected chi connectivity index (χ0v) is 14.1. The van der Waals surface area contributed by atoms with Crippen LogP contribution in [0.15, 0.2) is 18.2 Å². The maximum Gasteiger partial charge on any atom is 0.311 e. The molecule has 2 aromatic rings. The predicted molar refractivity (Wildman–Crippen MR) is 91.1 cm³/mol. The van der Waals surface area contributed by atoms with Gasteiger partial charge in [-0.2, -0.15) is 0 Å². The van der Waals surface area contributed by atoms with Gasteiger partial charge < -0.3 is 15.0 Å². The molecule has 2 N–H and O–H groups in total. The average molecular weight is 326 g/mol. The van der Waals surface area contributed by atoms with E-state index in [1.807, 2.05) is 18.2 Å². The standard InChI is InChI=1S/C19H22N2O3/c1-11-5-6-15-14(12(11)2)8-16(20-15)17(22)21-9-13-4-3-7-19(13,10-21)18(23)24/h5-6,8,13,20H,3-4,7,9-10H2,1-2H3,(H,23,24)/t13-,19+/m0/s1. The minimum Gasteiger partial charge on any atom is -0.481 e. The molecule has 2 aliphatic rings. The quantitative estimate of drug-likeness (QED) is 0.890. The van der Waals surface area contributed by atoms with Crippen LogP contribution in [0.5, 0.6) is 0 Å². The van der Waals surface area contributed by atoms with Gasteiger partial charge in [-0.25, -0.2) is 0 Å². The first kappa shape index (κ1) is 15.2. The molecule has 2 atom stereocenters. The van der Waals surface area contributed by atoms with Crippen LogP contribution < -0.4 is 0 Å². The van der Waals surface area contributed by atoms with Crippen LogP contribution in [0.2, 0.25) is 0 Å². The lowest BCUT2D eigenvalue weighted by molar-refractivity contribution is -0.149. The molecule has 5 heteroatoms. The number of likely N-dealkylation sites (tertiary alicyclic amines) is 1. The molecule has 1 aromatic heterocycles. The number of aromatic nitrogens is 1. The molecule has 0 radical (unpaired) electrons. The van der Waals surface area contributed by atoms with Gasteiger partial charge in [0.05, 0.1) is 5.41 Å². The zero-order valence-electron chi connectivity index (χ0n) is 14.1. The fourth-order valence-corrected chi connectivity index (χ4v) is 4.54. The second-order valence-corrected chi connectivity index (χ2v) is 7.39. The number of hydrogen-bond donors (Lipinski definition) is 2. The van der Waals surface area contributed by atoms with Crippen molar-refractivity contribution >= 4 is 22.8 Å². The van der Waals surface area contributed by atoms with E-state index in [0.717, 1.165) is 23.7 Å². The number of amides is 1. The molecule has 1 amide bonds. The van der Waals surface area contributed by atoms with Crippen molar-refractivity contribution in [3.05, 3.63) is 35.0 Å². The van der Waals surface area contributed by atoms with E-state index in [0.29, 0.717) is 25.2 Å². The smallest absolute Gasteiger partial charge is 0.311 e. The number of carbonyl (C=O) groups is 2. The van der Waals surface area contributed by atoms with Crippen molar-refractivity contribution < 1.29 is 14.7 Å². The highest BCUT2D eigenvalue weighted by Crippen LogP contribution is 2.49. The second-order valence-electron chi connectivity index (χ2n) is 7.39. The highest BCUT2D eigenvalue weighted by molar-refractivity contribution is 5.99. The molecule has 1 saturated carbocycles. The van der Waals surface area contributed by atoms with Crippen molar-refractivity contribution in [3.8, 4) is 0 Å². The number of carboxylic acid groups (broad SMARTS) is 1. The maximum absolute atomic E-state index is 12.9. The minimum atomic E-state index is -0.747. The number of rotatable bonds is 2. The van der Waals surface area contributed by atoms with Crippen LogP contribution in [0.1, 0.15) is 40.9 Å². The molecule has 0 unspecified atom stereocenters. The normalized spacial score (nSPS) is 26.1. The van der Waals surface area contributed by atoms with Crippen LogP contribution in [0, 0.1) is 25.2 Å². The van der Waals surface area contributed by atoms with Crippen LogP contribution in [-0.4, -0.2) is 40.0 Å². The predicted octanol–water partition coefficient (Wildman–Crippen LogP) is 3.11. The third-order valence-electron chi connectivity index (χ3n) is 6.16. The van der Waals surface area contributed by atoms with Gasteiger partial charge in [0.25, 0.3) is 5.91 Å². The van der Waals surface area contributed by atoms with E-state index in [1.54, 1.807) is 4.90 Å². The summed E-state index contributed by atoms with van der Waals surface area (Å²) >= 11 is 0. The summed E-state index contributed by atoms with van der Waals surface area (Å²) in [6.07, 6.45) is 2.53. The number of carboxylic acids is 1. The minimum absolute atomic E-state index is 0.0849. The summed E-state index contributed by atoms with van der Waals surface area (Å²) in [6.45, 7) is 5.00. The lowest BCUT2D eigenvalue weighted by Crippen LogP contribution is -2.37. The van der Waals surface area contributed by atoms with Crippen LogP contribution in [-0.2, 0) is 4.79 Å². The second kappa shape index (κ2) is 5.10. The van der Waals surface area contributed by atoms with Crippen molar-refractivity contribution in [2.45, 2.75) is 33.1 Å². The van der Waals surface area contributed by atoms with Crippen molar-refractivity contribution in [2.24, 2.45) is 11.3 Å². The van der Waals surface area contributed by atoms with E-state index in [2.05, 4.69) is 18.8 Å². The van der Waals surface area contributed by atoms with Crippen molar-refractivity contribution in [2.75, 3.05) is 13.1 Å². The summed E-state index contributed by atoms with van der Waals surface area (Å²) in [5.74, 6) is -0.742. The Hall–Kier alpha value is -2.30. The fourth-order valence-electron chi connectivity index (χ4n) is 4.54. The van der Waals surface area contributed by atoms with Gasteiger partial charge >= 0.3 is 5.97 Å². The third kappa shape index (κ3) is 2.00. The number of aryl methyl sites for hydroxylation is 2. The zero-order chi connectivity index (χ0) is 17.1. The molecule has 24 heavy (non-hydrogen) atoms. The van der Waals surface area contributed by atoms with E-state index in [9.17, 15) is 14.7 Å². The lowest BCUT2D eigenvalue weighted by Gasteiger charge is -2.23. The largest absolute Gasteiger partial charge is 0.481 e. The number of H-pyrrole nitrogens is 1. The first-order valence-electron chi connectivity index (χ1n) is 8.54. The molecule has 4 rings (SSSR count). The van der Waals surface area contributed by atoms with Crippen LogP contribution in [0.3, 0.4) is 0 Å². The molecular weight excluding hydrogens is 304 g/mol. The topological polar surface area (TPSA) is 73.4 Å². The van der Waals surface area contributed by atoms with Gasteiger partial charge in [-0.15, -0.1) is 0 Å². The molecule has 1 saturated heterocycles. The molecule has 2 heterocycles. The highest BCUT2D eigenvalue weighted by atomic mass is 16.4. The summed E-state index contributed by atoms with van der Waals surface area (Å²) in [5.41, 5.74) is 3.14. The first-order chi connectivity index (χ1) is 11.4. The van der Waals surface area contributed by atoms with Crippen LogP contribution in [0.4, 0.5) is 0 Å². The Balaban J connectivity index is 1.66. The maximum atomic E-state index is 12.9. The number of aromatic amines is 1. The Labute approximate surface area is 140 Å². The monoisotopic (exact) mass is 326 g/mol. The number of aliphatic carboxylic acids is 1. The SMILES string of the molecule is Cc1ccc2[nH]c(C(=O)N3C[C@@H]4CCC[C@@]4(C(=O)O)C3)cc2c1C. The number of carbonyl (C=O) groups excluding carboxylic acids is 1. The molecule has 0 spiro atoms. The van der Waals surface area contributed by atoms with Gasteiger partial charge in [-0.1, -0.05) is 12.5 Å². The Morgan fingerprint density at radius 2 is 2.12 bits per heavy atom.